The van der Waals surface area contributed by atoms with Crippen LogP contribution in [0.3, 0.4) is 0 Å². The van der Waals surface area contributed by atoms with E-state index in [0.717, 1.165) is 11.7 Å². The zero-order valence-corrected chi connectivity index (χ0v) is 12.9. The van der Waals surface area contributed by atoms with Crippen molar-refractivity contribution in [1.82, 2.24) is 0 Å². The Morgan fingerprint density at radius 3 is 2.11 bits per heavy atom. The molecule has 0 N–H and O–H groups in total. The molecule has 0 amide bonds. The average Bonchev–Trinajstić information content (AvgIpc) is 2.46. The second kappa shape index (κ2) is 11.1. The van der Waals surface area contributed by atoms with Gasteiger partial charge in [-0.3, -0.25) is 0 Å². The van der Waals surface area contributed by atoms with Gasteiger partial charge in [0, 0.05) is 0 Å². The lowest BCUT2D eigenvalue weighted by molar-refractivity contribution is 0.321. The lowest BCUT2D eigenvalue weighted by Gasteiger charge is -1.99. The number of unbranched alkanes of at least 4 members (excludes halogenated alkanes) is 7. The van der Waals surface area contributed by atoms with Gasteiger partial charge < -0.3 is 0 Å². The lowest BCUT2D eigenvalue weighted by atomic mass is 10.1. The fraction of sp³-hybridized carbons (Fsp3) is 0.625. The van der Waals surface area contributed by atoms with Crippen LogP contribution in [0.15, 0.2) is 30.3 Å². The van der Waals surface area contributed by atoms with Crippen molar-refractivity contribution in [2.75, 3.05) is 6.61 Å². The van der Waals surface area contributed by atoms with Gasteiger partial charge in [-0.25, -0.2) is 0 Å². The van der Waals surface area contributed by atoms with Gasteiger partial charge in [0.15, 0.2) is 0 Å². The third-order valence-electron chi connectivity index (χ3n) is 3.17. The Labute approximate surface area is 118 Å². The van der Waals surface area contributed by atoms with E-state index in [1.165, 1.54) is 44.9 Å². The minimum Gasteiger partial charge on any atom is -0.142 e. The predicted molar refractivity (Wildman–Crippen MR) is 82.2 cm³/mol. The monoisotopic (exact) mass is 281 g/mol. The van der Waals surface area contributed by atoms with Gasteiger partial charge >= 0.3 is 8.03 Å². The number of hydrogen-bond donors (Lipinski definition) is 0. The summed E-state index contributed by atoms with van der Waals surface area (Å²) >= 11 is 0. The second-order valence-corrected chi connectivity index (χ2v) is 6.19. The smallest absolute Gasteiger partial charge is 0.142 e. The fourth-order valence-corrected chi connectivity index (χ4v) is 2.87. The molecule has 0 spiro atoms. The summed E-state index contributed by atoms with van der Waals surface area (Å²) in [4.78, 5) is 0. The molecule has 0 aliphatic carbocycles. The third kappa shape index (κ3) is 8.13. The molecule has 0 aliphatic rings. The van der Waals surface area contributed by atoms with Crippen molar-refractivity contribution in [1.29, 1.82) is 0 Å². The summed E-state index contributed by atoms with van der Waals surface area (Å²) in [6.45, 7) is 2.85. The van der Waals surface area contributed by atoms with Crippen LogP contribution in [-0.4, -0.2) is 6.61 Å². The largest absolute Gasteiger partial charge is 0.548 e. The quantitative estimate of drug-likeness (QED) is 0.411. The predicted octanol–water partition coefficient (Wildman–Crippen LogP) is 5.21. The van der Waals surface area contributed by atoms with Crippen LogP contribution in [0.4, 0.5) is 0 Å². The molecule has 0 heterocycles. The molecule has 0 saturated carbocycles. The molecule has 0 aliphatic heterocycles. The van der Waals surface area contributed by atoms with Gasteiger partial charge in [-0.15, -0.1) is 4.52 Å². The maximum atomic E-state index is 11.8. The summed E-state index contributed by atoms with van der Waals surface area (Å²) in [5.41, 5.74) is 0. The van der Waals surface area contributed by atoms with Gasteiger partial charge in [0.25, 0.3) is 0 Å². The topological polar surface area (TPSA) is 26.3 Å². The van der Waals surface area contributed by atoms with Crippen LogP contribution in [0.25, 0.3) is 0 Å². The molecule has 1 aromatic rings. The first-order chi connectivity index (χ1) is 9.34. The Balaban J connectivity index is 1.95. The molecule has 3 heteroatoms. The Kier molecular flexibility index (Phi) is 9.57. The Bertz CT molecular complexity index is 338. The molecular weight excluding hydrogens is 255 g/mol. The molecule has 1 atom stereocenters. The summed E-state index contributed by atoms with van der Waals surface area (Å²) in [5, 5.41) is 0.789. The van der Waals surface area contributed by atoms with Crippen molar-refractivity contribution >= 4 is 13.3 Å². The van der Waals surface area contributed by atoms with Crippen molar-refractivity contribution in [2.24, 2.45) is 0 Å². The molecule has 0 bridgehead atoms. The van der Waals surface area contributed by atoms with E-state index in [4.69, 9.17) is 4.52 Å². The molecule has 1 unspecified atom stereocenters. The van der Waals surface area contributed by atoms with Gasteiger partial charge in [0.05, 0.1) is 0 Å². The average molecular weight is 281 g/mol. The summed E-state index contributed by atoms with van der Waals surface area (Å²) in [6, 6.07) is 9.41. The fourth-order valence-electron chi connectivity index (χ4n) is 2.01. The van der Waals surface area contributed by atoms with Crippen LogP contribution in [0.1, 0.15) is 58.3 Å². The van der Waals surface area contributed by atoms with Crippen LogP contribution >= 0.6 is 8.03 Å². The molecule has 106 valence electrons. The molecule has 1 rings (SSSR count). The molecule has 2 nitrogen and oxygen atoms in total. The van der Waals surface area contributed by atoms with Gasteiger partial charge in [0.2, 0.25) is 5.30 Å². The van der Waals surface area contributed by atoms with E-state index in [-0.39, 0.29) is 0 Å². The highest BCUT2D eigenvalue weighted by atomic mass is 31.1. The van der Waals surface area contributed by atoms with E-state index in [0.29, 0.717) is 6.61 Å². The van der Waals surface area contributed by atoms with E-state index in [9.17, 15) is 4.57 Å². The van der Waals surface area contributed by atoms with E-state index in [2.05, 4.69) is 6.92 Å². The first-order valence-electron chi connectivity index (χ1n) is 7.50. The SMILES string of the molecule is CCCCCCCCCCO[P+](=O)c1ccccc1. The molecular formula is C16H26O2P+. The zero-order valence-electron chi connectivity index (χ0n) is 12.0. The molecule has 0 aromatic heterocycles. The number of hydrogen-bond acceptors (Lipinski definition) is 2. The molecule has 1 aromatic carbocycles. The highest BCUT2D eigenvalue weighted by molar-refractivity contribution is 7.48. The number of rotatable bonds is 11. The highest BCUT2D eigenvalue weighted by Gasteiger charge is 2.20. The summed E-state index contributed by atoms with van der Waals surface area (Å²) in [5.74, 6) is 0. The summed E-state index contributed by atoms with van der Waals surface area (Å²) < 4.78 is 17.2. The molecule has 0 radical (unpaired) electrons. The second-order valence-electron chi connectivity index (χ2n) is 4.90. The minimum atomic E-state index is -1.66. The first-order valence-corrected chi connectivity index (χ1v) is 8.67. The van der Waals surface area contributed by atoms with E-state index < -0.39 is 8.03 Å². The maximum absolute atomic E-state index is 11.8. The van der Waals surface area contributed by atoms with E-state index in [1.807, 2.05) is 30.3 Å². The molecule has 0 fully saturated rings. The van der Waals surface area contributed by atoms with Crippen molar-refractivity contribution < 1.29 is 9.09 Å². The molecule has 0 saturated heterocycles. The van der Waals surface area contributed by atoms with Gasteiger partial charge in [0.1, 0.15) is 6.61 Å². The van der Waals surface area contributed by atoms with E-state index >= 15 is 0 Å². The standard InChI is InChI=1S/C16H26O2P/c1-2-3-4-5-6-7-8-12-15-18-19(17)16-13-10-9-11-14-16/h9-11,13-14H,2-8,12,15H2,1H3/q+1. The third-order valence-corrected chi connectivity index (χ3v) is 4.31. The first kappa shape index (κ1) is 16.3. The Hall–Kier alpha value is -0.720. The minimum absolute atomic E-state index is 0.610. The Morgan fingerprint density at radius 1 is 0.895 bits per heavy atom. The van der Waals surface area contributed by atoms with Crippen molar-refractivity contribution in [2.45, 2.75) is 58.3 Å². The van der Waals surface area contributed by atoms with Crippen LogP contribution in [0.5, 0.6) is 0 Å². The van der Waals surface area contributed by atoms with Crippen LogP contribution < -0.4 is 5.30 Å². The van der Waals surface area contributed by atoms with Crippen LogP contribution in [0.2, 0.25) is 0 Å². The van der Waals surface area contributed by atoms with Gasteiger partial charge in [-0.2, -0.15) is 0 Å². The normalized spacial score (nSPS) is 11.5. The molecule has 19 heavy (non-hydrogen) atoms. The van der Waals surface area contributed by atoms with E-state index in [1.54, 1.807) is 0 Å². The van der Waals surface area contributed by atoms with Crippen molar-refractivity contribution in [3.05, 3.63) is 30.3 Å². The van der Waals surface area contributed by atoms with Crippen LogP contribution in [-0.2, 0) is 9.09 Å². The summed E-state index contributed by atoms with van der Waals surface area (Å²) in [6.07, 6.45) is 10.2. The lowest BCUT2D eigenvalue weighted by Crippen LogP contribution is -1.98. The van der Waals surface area contributed by atoms with Gasteiger partial charge in [-0.05, 0) is 23.1 Å². The van der Waals surface area contributed by atoms with Crippen molar-refractivity contribution in [3.63, 3.8) is 0 Å². The van der Waals surface area contributed by atoms with Crippen molar-refractivity contribution in [3.8, 4) is 0 Å². The number of benzene rings is 1. The summed E-state index contributed by atoms with van der Waals surface area (Å²) in [7, 11) is -1.66. The zero-order chi connectivity index (χ0) is 13.8. The maximum Gasteiger partial charge on any atom is 0.548 e. The van der Waals surface area contributed by atoms with Gasteiger partial charge in [-0.1, -0.05) is 70.1 Å². The highest BCUT2D eigenvalue weighted by Crippen LogP contribution is 2.21. The Morgan fingerprint density at radius 2 is 1.47 bits per heavy atom. The van der Waals surface area contributed by atoms with Crippen LogP contribution in [0, 0.1) is 0 Å².